The van der Waals surface area contributed by atoms with Gasteiger partial charge in [-0.2, -0.15) is 13.2 Å². The highest BCUT2D eigenvalue weighted by molar-refractivity contribution is 7.13. The maximum absolute atomic E-state index is 13.2. The summed E-state index contributed by atoms with van der Waals surface area (Å²) >= 11 is 1.36. The molecule has 1 unspecified atom stereocenters. The van der Waals surface area contributed by atoms with Gasteiger partial charge >= 0.3 is 6.18 Å². The molecule has 0 bridgehead atoms. The van der Waals surface area contributed by atoms with E-state index in [2.05, 4.69) is 10.1 Å². The van der Waals surface area contributed by atoms with E-state index in [0.29, 0.717) is 23.8 Å². The third-order valence-corrected chi connectivity index (χ3v) is 5.89. The largest absolute Gasteiger partial charge is 0.416 e. The summed E-state index contributed by atoms with van der Waals surface area (Å²) in [5.74, 6) is -0.153. The summed E-state index contributed by atoms with van der Waals surface area (Å²) in [5.41, 5.74) is -0.631. The zero-order valence-electron chi connectivity index (χ0n) is 15.8. The summed E-state index contributed by atoms with van der Waals surface area (Å²) in [5, 5.41) is 15.5. The minimum absolute atomic E-state index is 0.00364. The Morgan fingerprint density at radius 2 is 2.10 bits per heavy atom. The monoisotopic (exact) mass is 436 g/mol. The number of carbonyl (C=O) groups is 1. The molecule has 1 fully saturated rings. The zero-order chi connectivity index (χ0) is 21.3. The summed E-state index contributed by atoms with van der Waals surface area (Å²) in [6, 6.07) is 8.34. The van der Waals surface area contributed by atoms with E-state index in [1.807, 2.05) is 5.38 Å². The number of rotatable bonds is 4. The molecule has 1 aliphatic heterocycles. The fourth-order valence-electron chi connectivity index (χ4n) is 3.50. The van der Waals surface area contributed by atoms with Gasteiger partial charge in [0.15, 0.2) is 5.82 Å². The molecule has 10 heteroatoms. The minimum Gasteiger partial charge on any atom is -0.396 e. The van der Waals surface area contributed by atoms with E-state index >= 15 is 0 Å². The molecule has 3 aromatic rings. The van der Waals surface area contributed by atoms with Crippen molar-refractivity contribution in [2.75, 3.05) is 19.7 Å². The second-order valence-corrected chi connectivity index (χ2v) is 8.09. The van der Waals surface area contributed by atoms with Crippen LogP contribution in [0.15, 0.2) is 41.8 Å². The number of thiophene rings is 1. The second kappa shape index (κ2) is 8.19. The van der Waals surface area contributed by atoms with Crippen LogP contribution in [-0.2, 0) is 6.18 Å². The van der Waals surface area contributed by atoms with Crippen molar-refractivity contribution in [2.24, 2.45) is 5.92 Å². The van der Waals surface area contributed by atoms with Gasteiger partial charge in [-0.15, -0.1) is 16.4 Å². The number of benzene rings is 1. The third-order valence-electron chi connectivity index (χ3n) is 5.02. The number of aliphatic hydroxyl groups is 1. The van der Waals surface area contributed by atoms with E-state index in [4.69, 9.17) is 0 Å². The lowest BCUT2D eigenvalue weighted by molar-refractivity contribution is -0.137. The predicted octanol–water partition coefficient (Wildman–Crippen LogP) is 3.86. The molecule has 1 aromatic carbocycles. The van der Waals surface area contributed by atoms with E-state index in [9.17, 15) is 23.1 Å². The Labute approximate surface area is 174 Å². The van der Waals surface area contributed by atoms with E-state index < -0.39 is 17.6 Å². The van der Waals surface area contributed by atoms with Crippen LogP contribution in [0.3, 0.4) is 0 Å². The molecule has 3 heterocycles. The number of aliphatic hydroxyl groups excluding tert-OH is 1. The van der Waals surface area contributed by atoms with Gasteiger partial charge in [0.2, 0.25) is 5.82 Å². The Hall–Kier alpha value is -2.72. The van der Waals surface area contributed by atoms with Crippen LogP contribution in [0.25, 0.3) is 16.4 Å². The number of amides is 1. The van der Waals surface area contributed by atoms with Gasteiger partial charge in [0.25, 0.3) is 5.91 Å². The lowest BCUT2D eigenvalue weighted by Crippen LogP contribution is -2.41. The average Bonchev–Trinajstić information content (AvgIpc) is 3.42. The molecule has 1 amide bonds. The molecule has 158 valence electrons. The molecule has 30 heavy (non-hydrogen) atoms. The van der Waals surface area contributed by atoms with Gasteiger partial charge in [-0.3, -0.25) is 4.79 Å². The molecule has 0 spiro atoms. The molecule has 1 saturated heterocycles. The molecule has 4 rings (SSSR count). The third kappa shape index (κ3) is 4.10. The molecule has 1 atom stereocenters. The number of aromatic nitrogens is 3. The standard InChI is InChI=1S/C20H19F3N4O2S/c21-20(22,23)14-5-1-6-15(10-14)27-18(16-7-3-9-30-16)24-17(25-27)19(29)26-8-2-4-13(11-26)12-28/h1,3,5-7,9-10,13,28H,2,4,8,11-12H2. The van der Waals surface area contributed by atoms with Crippen LogP contribution in [0.1, 0.15) is 29.0 Å². The number of piperidine rings is 1. The molecule has 2 aromatic heterocycles. The van der Waals surface area contributed by atoms with Crippen LogP contribution in [0.4, 0.5) is 13.2 Å². The molecule has 0 radical (unpaired) electrons. The average molecular weight is 436 g/mol. The van der Waals surface area contributed by atoms with Gasteiger partial charge < -0.3 is 10.0 Å². The maximum Gasteiger partial charge on any atom is 0.416 e. The summed E-state index contributed by atoms with van der Waals surface area (Å²) in [6.07, 6.45) is -2.89. The van der Waals surface area contributed by atoms with Crippen LogP contribution < -0.4 is 0 Å². The van der Waals surface area contributed by atoms with Gasteiger partial charge in [0.05, 0.1) is 16.1 Å². The topological polar surface area (TPSA) is 71.2 Å². The maximum atomic E-state index is 13.2. The molecular weight excluding hydrogens is 417 g/mol. The Balaban J connectivity index is 1.74. The van der Waals surface area contributed by atoms with Gasteiger partial charge in [-0.1, -0.05) is 12.1 Å². The van der Waals surface area contributed by atoms with Crippen LogP contribution in [0, 0.1) is 5.92 Å². The van der Waals surface area contributed by atoms with E-state index in [-0.39, 0.29) is 24.0 Å². The molecule has 0 saturated carbocycles. The first kappa shape index (κ1) is 20.5. The minimum atomic E-state index is -4.49. The van der Waals surface area contributed by atoms with Crippen molar-refractivity contribution in [1.29, 1.82) is 0 Å². The SMILES string of the molecule is O=C(c1nc(-c2cccs2)n(-c2cccc(C(F)(F)F)c2)n1)N1CCCC(CO)C1. The first-order valence-electron chi connectivity index (χ1n) is 9.45. The van der Waals surface area contributed by atoms with Crippen molar-refractivity contribution in [3.05, 3.63) is 53.2 Å². The van der Waals surface area contributed by atoms with Crippen molar-refractivity contribution >= 4 is 17.2 Å². The number of likely N-dealkylation sites (tertiary alicyclic amines) is 1. The van der Waals surface area contributed by atoms with Crippen molar-refractivity contribution in [3.8, 4) is 16.4 Å². The predicted molar refractivity (Wildman–Crippen MR) is 105 cm³/mol. The van der Waals surface area contributed by atoms with Gasteiger partial charge in [-0.25, -0.2) is 9.67 Å². The quantitative estimate of drug-likeness (QED) is 0.674. The van der Waals surface area contributed by atoms with Crippen molar-refractivity contribution in [1.82, 2.24) is 19.7 Å². The first-order valence-corrected chi connectivity index (χ1v) is 10.3. The van der Waals surface area contributed by atoms with Crippen molar-refractivity contribution in [2.45, 2.75) is 19.0 Å². The van der Waals surface area contributed by atoms with Gasteiger partial charge in [-0.05, 0) is 48.4 Å². The Morgan fingerprint density at radius 1 is 1.27 bits per heavy atom. The summed E-state index contributed by atoms with van der Waals surface area (Å²) < 4.78 is 40.8. The highest BCUT2D eigenvalue weighted by atomic mass is 32.1. The Morgan fingerprint density at radius 3 is 2.80 bits per heavy atom. The number of carbonyl (C=O) groups excluding carboxylic acids is 1. The molecule has 1 N–H and O–H groups in total. The van der Waals surface area contributed by atoms with E-state index in [1.54, 1.807) is 17.0 Å². The lowest BCUT2D eigenvalue weighted by Gasteiger charge is -2.30. The smallest absolute Gasteiger partial charge is 0.396 e. The number of hydrogen-bond donors (Lipinski definition) is 1. The number of halogens is 3. The summed E-state index contributed by atoms with van der Waals surface area (Å²) in [7, 11) is 0. The van der Waals surface area contributed by atoms with Crippen molar-refractivity contribution in [3.63, 3.8) is 0 Å². The van der Waals surface area contributed by atoms with Crippen LogP contribution in [0.2, 0.25) is 0 Å². The van der Waals surface area contributed by atoms with E-state index in [1.165, 1.54) is 28.2 Å². The van der Waals surface area contributed by atoms with Crippen LogP contribution >= 0.6 is 11.3 Å². The fraction of sp³-hybridized carbons (Fsp3) is 0.350. The van der Waals surface area contributed by atoms with Gasteiger partial charge in [0.1, 0.15) is 0 Å². The lowest BCUT2D eigenvalue weighted by atomic mass is 9.99. The Bertz CT molecular complexity index is 1030. The summed E-state index contributed by atoms with van der Waals surface area (Å²) in [6.45, 7) is 0.930. The van der Waals surface area contributed by atoms with Crippen LogP contribution in [0.5, 0.6) is 0 Å². The number of hydrogen-bond acceptors (Lipinski definition) is 5. The molecule has 0 aliphatic carbocycles. The molecule has 1 aliphatic rings. The summed E-state index contributed by atoms with van der Waals surface area (Å²) in [4.78, 5) is 19.6. The normalized spacial score (nSPS) is 17.3. The molecule has 6 nitrogen and oxygen atoms in total. The number of nitrogens with zero attached hydrogens (tertiary/aromatic N) is 4. The number of alkyl halides is 3. The van der Waals surface area contributed by atoms with Gasteiger partial charge in [0, 0.05) is 19.7 Å². The second-order valence-electron chi connectivity index (χ2n) is 7.14. The highest BCUT2D eigenvalue weighted by Gasteiger charge is 2.32. The fourth-order valence-corrected chi connectivity index (χ4v) is 4.20. The van der Waals surface area contributed by atoms with Crippen LogP contribution in [-0.4, -0.2) is 50.4 Å². The molecular formula is C20H19F3N4O2S. The highest BCUT2D eigenvalue weighted by Crippen LogP contribution is 2.32. The Kier molecular flexibility index (Phi) is 5.61. The van der Waals surface area contributed by atoms with E-state index in [0.717, 1.165) is 25.0 Å². The first-order chi connectivity index (χ1) is 14.4. The van der Waals surface area contributed by atoms with Crippen molar-refractivity contribution < 1.29 is 23.1 Å². The zero-order valence-corrected chi connectivity index (χ0v) is 16.7.